The van der Waals surface area contributed by atoms with Gasteiger partial charge in [0.1, 0.15) is 11.6 Å². The average molecular weight is 264 g/mol. The molecule has 0 radical (unpaired) electrons. The molecule has 0 saturated heterocycles. The number of hydrogen-bond donors (Lipinski definition) is 1. The van der Waals surface area contributed by atoms with E-state index in [0.29, 0.717) is 0 Å². The van der Waals surface area contributed by atoms with Gasteiger partial charge in [-0.25, -0.2) is 9.97 Å². The summed E-state index contributed by atoms with van der Waals surface area (Å²) in [5.41, 5.74) is 3.36. The molecule has 4 nitrogen and oxygen atoms in total. The average Bonchev–Trinajstić information content (AvgIpc) is 2.46. The minimum atomic E-state index is 0.744. The van der Waals surface area contributed by atoms with Crippen LogP contribution in [0.15, 0.2) is 42.7 Å². The Balaban J connectivity index is 1.88. The molecule has 100 valence electrons. The first kappa shape index (κ1) is 12.5. The number of nitrogens with zero attached hydrogens (tertiary/aromatic N) is 3. The first-order valence-corrected chi connectivity index (χ1v) is 6.60. The second-order valence-corrected chi connectivity index (χ2v) is 4.85. The summed E-state index contributed by atoms with van der Waals surface area (Å²) in [7, 11) is 0. The number of aromatic nitrogens is 3. The zero-order chi connectivity index (χ0) is 13.9. The van der Waals surface area contributed by atoms with Crippen LogP contribution in [0.3, 0.4) is 0 Å². The van der Waals surface area contributed by atoms with Crippen molar-refractivity contribution in [2.75, 3.05) is 5.32 Å². The number of rotatable bonds is 3. The first-order valence-electron chi connectivity index (χ1n) is 6.60. The number of hydrogen-bond acceptors (Lipinski definition) is 4. The molecule has 0 saturated carbocycles. The monoisotopic (exact) mass is 264 g/mol. The Morgan fingerprint density at radius 1 is 1.00 bits per heavy atom. The minimum Gasteiger partial charge on any atom is -0.365 e. The van der Waals surface area contributed by atoms with Crippen LogP contribution in [0.2, 0.25) is 0 Å². The molecule has 2 heterocycles. The molecule has 0 aliphatic rings. The number of aryl methyl sites for hydroxylation is 2. The van der Waals surface area contributed by atoms with Crippen molar-refractivity contribution in [3.05, 3.63) is 59.7 Å². The number of fused-ring (bicyclic) bond motifs is 1. The van der Waals surface area contributed by atoms with Crippen LogP contribution in [0.25, 0.3) is 10.9 Å². The smallest absolute Gasteiger partial charge is 0.138 e. The predicted molar refractivity (Wildman–Crippen MR) is 80.6 cm³/mol. The summed E-state index contributed by atoms with van der Waals surface area (Å²) >= 11 is 0. The Hall–Kier alpha value is -2.49. The standard InChI is InChI=1S/C16H16N4/c1-11-3-5-13(6-4-11)9-18-16-14-7-8-17-10-15(14)19-12(2)20-16/h3-8,10H,9H2,1-2H3,(H,18,19,20). The Kier molecular flexibility index (Phi) is 3.29. The molecule has 4 heteroatoms. The third-order valence-corrected chi connectivity index (χ3v) is 3.19. The Morgan fingerprint density at radius 2 is 1.80 bits per heavy atom. The van der Waals surface area contributed by atoms with Crippen molar-refractivity contribution in [2.24, 2.45) is 0 Å². The van der Waals surface area contributed by atoms with Gasteiger partial charge in [0.05, 0.1) is 11.7 Å². The summed E-state index contributed by atoms with van der Waals surface area (Å²) < 4.78 is 0. The molecule has 2 aromatic heterocycles. The van der Waals surface area contributed by atoms with Crippen molar-refractivity contribution in [1.82, 2.24) is 15.0 Å². The van der Waals surface area contributed by atoms with Gasteiger partial charge >= 0.3 is 0 Å². The first-order chi connectivity index (χ1) is 9.72. The number of benzene rings is 1. The maximum absolute atomic E-state index is 4.48. The highest BCUT2D eigenvalue weighted by molar-refractivity contribution is 5.88. The maximum Gasteiger partial charge on any atom is 0.138 e. The largest absolute Gasteiger partial charge is 0.365 e. The Bertz CT molecular complexity index is 735. The van der Waals surface area contributed by atoms with Crippen LogP contribution in [-0.4, -0.2) is 15.0 Å². The van der Waals surface area contributed by atoms with E-state index < -0.39 is 0 Å². The van der Waals surface area contributed by atoms with Crippen LogP contribution in [-0.2, 0) is 6.54 Å². The van der Waals surface area contributed by atoms with Crippen molar-refractivity contribution in [2.45, 2.75) is 20.4 Å². The molecule has 20 heavy (non-hydrogen) atoms. The van der Waals surface area contributed by atoms with Gasteiger partial charge in [0.2, 0.25) is 0 Å². The fraction of sp³-hybridized carbons (Fsp3) is 0.188. The third-order valence-electron chi connectivity index (χ3n) is 3.19. The van der Waals surface area contributed by atoms with Gasteiger partial charge in [-0.05, 0) is 25.5 Å². The Morgan fingerprint density at radius 3 is 2.60 bits per heavy atom. The lowest BCUT2D eigenvalue weighted by molar-refractivity contribution is 1.05. The molecule has 0 atom stereocenters. The van der Waals surface area contributed by atoms with Gasteiger partial charge in [0.25, 0.3) is 0 Å². The summed E-state index contributed by atoms with van der Waals surface area (Å²) in [6.07, 6.45) is 3.53. The minimum absolute atomic E-state index is 0.744. The maximum atomic E-state index is 4.48. The van der Waals surface area contributed by atoms with E-state index in [1.165, 1.54) is 11.1 Å². The van der Waals surface area contributed by atoms with E-state index in [9.17, 15) is 0 Å². The zero-order valence-corrected chi connectivity index (χ0v) is 11.6. The normalized spacial score (nSPS) is 10.7. The van der Waals surface area contributed by atoms with Crippen molar-refractivity contribution < 1.29 is 0 Å². The summed E-state index contributed by atoms with van der Waals surface area (Å²) in [5.74, 6) is 1.60. The number of anilines is 1. The molecule has 0 fully saturated rings. The summed E-state index contributed by atoms with van der Waals surface area (Å²) in [4.78, 5) is 13.0. The highest BCUT2D eigenvalue weighted by atomic mass is 15.0. The predicted octanol–water partition coefficient (Wildman–Crippen LogP) is 3.25. The SMILES string of the molecule is Cc1ccc(CNc2nc(C)nc3cnccc23)cc1. The van der Waals surface area contributed by atoms with Crippen molar-refractivity contribution >= 4 is 16.7 Å². The fourth-order valence-corrected chi connectivity index (χ4v) is 2.12. The van der Waals surface area contributed by atoms with Crippen LogP contribution in [0, 0.1) is 13.8 Å². The van der Waals surface area contributed by atoms with E-state index in [2.05, 4.69) is 51.5 Å². The summed E-state index contributed by atoms with van der Waals surface area (Å²) in [6, 6.07) is 10.4. The quantitative estimate of drug-likeness (QED) is 0.789. The van der Waals surface area contributed by atoms with Crippen LogP contribution < -0.4 is 5.32 Å². The van der Waals surface area contributed by atoms with Gasteiger partial charge in [-0.2, -0.15) is 0 Å². The van der Waals surface area contributed by atoms with Crippen LogP contribution in [0.5, 0.6) is 0 Å². The van der Waals surface area contributed by atoms with E-state index >= 15 is 0 Å². The molecular formula is C16H16N4. The van der Waals surface area contributed by atoms with Crippen LogP contribution in [0.1, 0.15) is 17.0 Å². The second-order valence-electron chi connectivity index (χ2n) is 4.85. The molecule has 0 aliphatic heterocycles. The molecule has 1 N–H and O–H groups in total. The van der Waals surface area contributed by atoms with Gasteiger partial charge < -0.3 is 5.32 Å². The highest BCUT2D eigenvalue weighted by Gasteiger charge is 2.05. The molecule has 3 aromatic rings. The zero-order valence-electron chi connectivity index (χ0n) is 11.6. The van der Waals surface area contributed by atoms with Gasteiger partial charge in [0, 0.05) is 18.1 Å². The topological polar surface area (TPSA) is 50.7 Å². The fourth-order valence-electron chi connectivity index (χ4n) is 2.12. The van der Waals surface area contributed by atoms with E-state index in [-0.39, 0.29) is 0 Å². The van der Waals surface area contributed by atoms with E-state index in [4.69, 9.17) is 0 Å². The summed E-state index contributed by atoms with van der Waals surface area (Å²) in [5, 5.41) is 4.38. The van der Waals surface area contributed by atoms with Gasteiger partial charge in [-0.3, -0.25) is 4.98 Å². The Labute approximate surface area is 117 Å². The molecular weight excluding hydrogens is 248 g/mol. The van der Waals surface area contributed by atoms with Crippen LogP contribution in [0.4, 0.5) is 5.82 Å². The number of pyridine rings is 1. The summed E-state index contributed by atoms with van der Waals surface area (Å²) in [6.45, 7) is 4.73. The number of nitrogens with one attached hydrogen (secondary N) is 1. The second kappa shape index (κ2) is 5.25. The van der Waals surface area contributed by atoms with Crippen molar-refractivity contribution in [3.63, 3.8) is 0 Å². The molecule has 0 bridgehead atoms. The molecule has 0 amide bonds. The lowest BCUT2D eigenvalue weighted by atomic mass is 10.1. The lowest BCUT2D eigenvalue weighted by Crippen LogP contribution is -2.04. The molecule has 0 unspecified atom stereocenters. The molecule has 3 rings (SSSR count). The molecule has 0 aliphatic carbocycles. The van der Waals surface area contributed by atoms with Gasteiger partial charge in [-0.15, -0.1) is 0 Å². The van der Waals surface area contributed by atoms with Crippen molar-refractivity contribution in [1.29, 1.82) is 0 Å². The third kappa shape index (κ3) is 2.59. The van der Waals surface area contributed by atoms with Gasteiger partial charge in [-0.1, -0.05) is 29.8 Å². The van der Waals surface area contributed by atoms with E-state index in [1.807, 2.05) is 13.0 Å². The van der Waals surface area contributed by atoms with E-state index in [1.54, 1.807) is 12.4 Å². The molecule has 0 spiro atoms. The van der Waals surface area contributed by atoms with Crippen molar-refractivity contribution in [3.8, 4) is 0 Å². The lowest BCUT2D eigenvalue weighted by Gasteiger charge is -2.09. The van der Waals surface area contributed by atoms with E-state index in [0.717, 1.165) is 29.1 Å². The molecule has 1 aromatic carbocycles. The van der Waals surface area contributed by atoms with Crippen LogP contribution >= 0.6 is 0 Å². The van der Waals surface area contributed by atoms with Gasteiger partial charge in [0.15, 0.2) is 0 Å². The highest BCUT2D eigenvalue weighted by Crippen LogP contribution is 2.19.